The third-order valence-corrected chi connectivity index (χ3v) is 5.55. The molecular weight excluding hydrogens is 288 g/mol. The summed E-state index contributed by atoms with van der Waals surface area (Å²) in [5.74, 6) is 0.989. The molecule has 1 aromatic heterocycles. The molecule has 1 saturated heterocycles. The van der Waals surface area contributed by atoms with Crippen LogP contribution < -0.4 is 5.32 Å². The van der Waals surface area contributed by atoms with Crippen LogP contribution in [0.3, 0.4) is 0 Å². The summed E-state index contributed by atoms with van der Waals surface area (Å²) in [6, 6.07) is 0.253. The molecule has 0 aromatic carbocycles. The Morgan fingerprint density at radius 2 is 2.24 bits per heavy atom. The van der Waals surface area contributed by atoms with Gasteiger partial charge in [-0.25, -0.2) is 13.4 Å². The molecule has 1 fully saturated rings. The Morgan fingerprint density at radius 3 is 2.71 bits per heavy atom. The average Bonchev–Trinajstić information content (AvgIpc) is 2.99. The zero-order valence-corrected chi connectivity index (χ0v) is 14.2. The minimum Gasteiger partial charge on any atom is -0.337 e. The Morgan fingerprint density at radius 1 is 1.52 bits per heavy atom. The first-order valence-corrected chi connectivity index (χ1v) is 8.98. The molecule has 1 aliphatic heterocycles. The Kier molecular flexibility index (Phi) is 5.06. The van der Waals surface area contributed by atoms with Gasteiger partial charge in [-0.2, -0.15) is 4.31 Å². The molecule has 1 aromatic rings. The van der Waals surface area contributed by atoms with Gasteiger partial charge in [0.05, 0.1) is 0 Å². The van der Waals surface area contributed by atoms with Crippen LogP contribution in [0, 0.1) is 12.8 Å². The summed E-state index contributed by atoms with van der Waals surface area (Å²) in [6.45, 7) is 7.90. The van der Waals surface area contributed by atoms with Crippen molar-refractivity contribution in [3.05, 3.63) is 12.0 Å². The molecule has 0 saturated carbocycles. The lowest BCUT2D eigenvalue weighted by atomic mass is 10.2. The van der Waals surface area contributed by atoms with Crippen molar-refractivity contribution in [2.45, 2.75) is 44.7 Å². The molecule has 0 bridgehead atoms. The average molecular weight is 314 g/mol. The zero-order valence-electron chi connectivity index (χ0n) is 13.3. The van der Waals surface area contributed by atoms with Gasteiger partial charge >= 0.3 is 0 Å². The van der Waals surface area contributed by atoms with Crippen LogP contribution in [0.1, 0.15) is 32.5 Å². The number of nitrogens with one attached hydrogen (secondary N) is 1. The molecule has 1 atom stereocenters. The summed E-state index contributed by atoms with van der Waals surface area (Å²) in [5, 5.41) is 3.52. The van der Waals surface area contributed by atoms with Crippen LogP contribution in [-0.4, -0.2) is 48.0 Å². The summed E-state index contributed by atoms with van der Waals surface area (Å²) in [5.41, 5.74) is 0. The van der Waals surface area contributed by atoms with E-state index in [-0.39, 0.29) is 17.0 Å². The van der Waals surface area contributed by atoms with Crippen molar-refractivity contribution in [2.75, 3.05) is 19.6 Å². The smallest absolute Gasteiger partial charge is 0.262 e. The predicted molar refractivity (Wildman–Crippen MR) is 82.6 cm³/mol. The number of hydrogen-bond donors (Lipinski definition) is 1. The molecule has 120 valence electrons. The fourth-order valence-electron chi connectivity index (χ4n) is 2.62. The fourth-order valence-corrected chi connectivity index (χ4v) is 4.29. The number of aryl methyl sites for hydroxylation is 2. The third-order valence-electron chi connectivity index (χ3n) is 3.85. The van der Waals surface area contributed by atoms with E-state index in [0.717, 1.165) is 19.4 Å². The summed E-state index contributed by atoms with van der Waals surface area (Å²) in [4.78, 5) is 4.20. The number of hydrogen-bond acceptors (Lipinski definition) is 4. The number of nitrogens with zero attached hydrogens (tertiary/aromatic N) is 3. The van der Waals surface area contributed by atoms with Crippen molar-refractivity contribution in [3.63, 3.8) is 0 Å². The van der Waals surface area contributed by atoms with Crippen LogP contribution in [0.15, 0.2) is 11.2 Å². The highest BCUT2D eigenvalue weighted by molar-refractivity contribution is 7.89. The van der Waals surface area contributed by atoms with Gasteiger partial charge in [0.2, 0.25) is 0 Å². The van der Waals surface area contributed by atoms with Crippen molar-refractivity contribution in [2.24, 2.45) is 13.0 Å². The molecule has 21 heavy (non-hydrogen) atoms. The number of aromatic nitrogens is 2. The Hall–Kier alpha value is -0.920. The molecule has 7 heteroatoms. The highest BCUT2D eigenvalue weighted by Crippen LogP contribution is 2.18. The van der Waals surface area contributed by atoms with Crippen LogP contribution in [0.2, 0.25) is 0 Å². The van der Waals surface area contributed by atoms with E-state index in [9.17, 15) is 8.42 Å². The first-order valence-electron chi connectivity index (χ1n) is 7.54. The summed E-state index contributed by atoms with van der Waals surface area (Å²) in [7, 11) is -1.71. The van der Waals surface area contributed by atoms with E-state index in [0.29, 0.717) is 18.9 Å². The predicted octanol–water partition coefficient (Wildman–Crippen LogP) is 1.13. The maximum Gasteiger partial charge on any atom is 0.262 e. The quantitative estimate of drug-likeness (QED) is 0.855. The molecule has 1 aliphatic rings. The summed E-state index contributed by atoms with van der Waals surface area (Å²) < 4.78 is 29.0. The van der Waals surface area contributed by atoms with Crippen molar-refractivity contribution in [3.8, 4) is 0 Å². The van der Waals surface area contributed by atoms with Gasteiger partial charge in [0.1, 0.15) is 5.82 Å². The fraction of sp³-hybridized carbons (Fsp3) is 0.786. The van der Waals surface area contributed by atoms with Gasteiger partial charge in [0.15, 0.2) is 5.03 Å². The Balaban J connectivity index is 2.24. The molecule has 0 aliphatic carbocycles. The second-order valence-corrected chi connectivity index (χ2v) is 8.13. The van der Waals surface area contributed by atoms with Crippen molar-refractivity contribution in [1.29, 1.82) is 0 Å². The van der Waals surface area contributed by atoms with Crippen molar-refractivity contribution < 1.29 is 8.42 Å². The monoisotopic (exact) mass is 314 g/mol. The SMILES string of the molecule is Cc1nc(S(=O)(=O)N(CC(C)C)CC2CCCN2)cn1C. The highest BCUT2D eigenvalue weighted by atomic mass is 32.2. The molecule has 6 nitrogen and oxygen atoms in total. The minimum atomic E-state index is -3.52. The second kappa shape index (κ2) is 6.46. The first-order chi connectivity index (χ1) is 9.80. The van der Waals surface area contributed by atoms with Crippen LogP contribution in [0.25, 0.3) is 0 Å². The largest absolute Gasteiger partial charge is 0.337 e. The highest BCUT2D eigenvalue weighted by Gasteiger charge is 2.30. The zero-order chi connectivity index (χ0) is 15.6. The molecular formula is C14H26N4O2S. The standard InChI is InChI=1S/C14H26N4O2S/c1-11(2)8-18(9-13-6-5-7-15-13)21(19,20)14-10-17(4)12(3)16-14/h10-11,13,15H,5-9H2,1-4H3. The molecule has 2 rings (SSSR count). The van der Waals surface area contributed by atoms with Gasteiger partial charge in [0.25, 0.3) is 10.0 Å². The van der Waals surface area contributed by atoms with Crippen molar-refractivity contribution in [1.82, 2.24) is 19.2 Å². The van der Waals surface area contributed by atoms with E-state index in [1.165, 1.54) is 0 Å². The molecule has 0 spiro atoms. The molecule has 1 N–H and O–H groups in total. The number of sulfonamides is 1. The van der Waals surface area contributed by atoms with Gasteiger partial charge in [-0.05, 0) is 32.2 Å². The topological polar surface area (TPSA) is 67.2 Å². The van der Waals surface area contributed by atoms with Gasteiger partial charge in [0, 0.05) is 32.4 Å². The van der Waals surface area contributed by atoms with Crippen molar-refractivity contribution >= 4 is 10.0 Å². The first kappa shape index (κ1) is 16.5. The lowest BCUT2D eigenvalue weighted by molar-refractivity contribution is 0.335. The van der Waals surface area contributed by atoms with E-state index < -0.39 is 10.0 Å². The summed E-state index contributed by atoms with van der Waals surface area (Å²) >= 11 is 0. The van der Waals surface area contributed by atoms with Crippen LogP contribution in [0.5, 0.6) is 0 Å². The molecule has 0 amide bonds. The number of imidazole rings is 1. The van der Waals surface area contributed by atoms with Crippen LogP contribution in [-0.2, 0) is 17.1 Å². The molecule has 0 radical (unpaired) electrons. The summed E-state index contributed by atoms with van der Waals surface area (Å²) in [6.07, 6.45) is 3.74. The molecule has 1 unspecified atom stereocenters. The second-order valence-electron chi connectivity index (χ2n) is 6.25. The number of rotatable bonds is 6. The van der Waals surface area contributed by atoms with Gasteiger partial charge in [-0.1, -0.05) is 13.8 Å². The Labute approximate surface area is 127 Å². The van der Waals surface area contributed by atoms with E-state index in [1.54, 1.807) is 15.1 Å². The Bertz CT molecular complexity index is 554. The van der Waals surface area contributed by atoms with Crippen LogP contribution >= 0.6 is 0 Å². The minimum absolute atomic E-state index is 0.154. The molecule has 2 heterocycles. The normalized spacial score (nSPS) is 19.8. The van der Waals surface area contributed by atoms with Gasteiger partial charge < -0.3 is 9.88 Å². The maximum absolute atomic E-state index is 12.8. The van der Waals surface area contributed by atoms with Crippen LogP contribution in [0.4, 0.5) is 0 Å². The van der Waals surface area contributed by atoms with E-state index in [1.807, 2.05) is 27.8 Å². The van der Waals surface area contributed by atoms with Gasteiger partial charge in [-0.3, -0.25) is 0 Å². The van der Waals surface area contributed by atoms with E-state index in [4.69, 9.17) is 0 Å². The maximum atomic E-state index is 12.8. The van der Waals surface area contributed by atoms with E-state index >= 15 is 0 Å². The lowest BCUT2D eigenvalue weighted by Crippen LogP contribution is -2.42. The van der Waals surface area contributed by atoms with Gasteiger partial charge in [-0.15, -0.1) is 0 Å². The lowest BCUT2D eigenvalue weighted by Gasteiger charge is -2.25. The van der Waals surface area contributed by atoms with E-state index in [2.05, 4.69) is 10.3 Å². The third kappa shape index (κ3) is 3.84.